The maximum Gasteiger partial charge on any atom is 0.246 e. The number of piperidine rings is 1. The molecule has 1 amide bonds. The predicted octanol–water partition coefficient (Wildman–Crippen LogP) is 3.73. The summed E-state index contributed by atoms with van der Waals surface area (Å²) in [6.45, 7) is 11.0. The van der Waals surface area contributed by atoms with Crippen LogP contribution in [0.25, 0.3) is 0 Å². The molecule has 0 atom stereocenters. The molecule has 0 radical (unpaired) electrons. The molecule has 3 rings (SSSR count). The Hall–Kier alpha value is -2.01. The van der Waals surface area contributed by atoms with Gasteiger partial charge in [0.2, 0.25) is 15.9 Å². The van der Waals surface area contributed by atoms with E-state index >= 15 is 0 Å². The summed E-state index contributed by atoms with van der Waals surface area (Å²) in [6, 6.07) is 4.83. The van der Waals surface area contributed by atoms with E-state index in [4.69, 9.17) is 4.74 Å². The monoisotopic (exact) mass is 494 g/mol. The lowest BCUT2D eigenvalue weighted by Gasteiger charge is -2.30. The van der Waals surface area contributed by atoms with Gasteiger partial charge in [-0.1, -0.05) is 13.8 Å². The molecule has 1 fully saturated rings. The number of rotatable bonds is 10. The summed E-state index contributed by atoms with van der Waals surface area (Å²) in [6.07, 6.45) is 1.52. The molecular weight excluding hydrogens is 460 g/mol. The Morgan fingerprint density at radius 2 is 1.94 bits per heavy atom. The van der Waals surface area contributed by atoms with Gasteiger partial charge in [-0.25, -0.2) is 13.4 Å². The van der Waals surface area contributed by atoms with Crippen LogP contribution >= 0.6 is 11.3 Å². The van der Waals surface area contributed by atoms with Crippen LogP contribution in [-0.4, -0.2) is 61.3 Å². The first kappa shape index (κ1) is 25.6. The molecule has 1 aliphatic heterocycles. The van der Waals surface area contributed by atoms with Crippen LogP contribution in [0.2, 0.25) is 0 Å². The fourth-order valence-corrected chi connectivity index (χ4v) is 6.29. The molecule has 2 aromatic rings. The zero-order chi connectivity index (χ0) is 24.0. The van der Waals surface area contributed by atoms with E-state index in [0.29, 0.717) is 31.1 Å². The first-order valence-electron chi connectivity index (χ1n) is 11.5. The van der Waals surface area contributed by atoms with Crippen molar-refractivity contribution in [3.05, 3.63) is 34.3 Å². The van der Waals surface area contributed by atoms with Gasteiger partial charge in [-0.2, -0.15) is 4.31 Å². The second-order valence-corrected chi connectivity index (χ2v) is 11.0. The number of aryl methyl sites for hydroxylation is 1. The summed E-state index contributed by atoms with van der Waals surface area (Å²) >= 11 is 1.65. The largest absolute Gasteiger partial charge is 0.492 e. The number of nitrogens with one attached hydrogen (secondary N) is 1. The zero-order valence-electron chi connectivity index (χ0n) is 19.8. The lowest BCUT2D eigenvalue weighted by Crippen LogP contribution is -2.37. The van der Waals surface area contributed by atoms with E-state index in [2.05, 4.69) is 20.6 Å². The van der Waals surface area contributed by atoms with E-state index in [-0.39, 0.29) is 16.7 Å². The van der Waals surface area contributed by atoms with Crippen molar-refractivity contribution in [2.45, 2.75) is 52.0 Å². The smallest absolute Gasteiger partial charge is 0.246 e. The predicted molar refractivity (Wildman–Crippen MR) is 131 cm³/mol. The summed E-state index contributed by atoms with van der Waals surface area (Å²) in [5.74, 6) is 0.121. The van der Waals surface area contributed by atoms with Crippen LogP contribution in [0.3, 0.4) is 0 Å². The number of carbonyl (C=O) groups excluding carboxylic acids is 1. The van der Waals surface area contributed by atoms with Crippen molar-refractivity contribution in [2.75, 3.05) is 38.1 Å². The second-order valence-electron chi connectivity index (χ2n) is 8.08. The van der Waals surface area contributed by atoms with Crippen molar-refractivity contribution >= 4 is 33.0 Å². The number of aromatic nitrogens is 1. The molecule has 0 aliphatic carbocycles. The fourth-order valence-electron chi connectivity index (χ4n) is 4.07. The van der Waals surface area contributed by atoms with Crippen LogP contribution in [0.5, 0.6) is 5.75 Å². The Morgan fingerprint density at radius 1 is 1.24 bits per heavy atom. The molecule has 1 aromatic carbocycles. The summed E-state index contributed by atoms with van der Waals surface area (Å²) in [4.78, 5) is 19.9. The third-order valence-electron chi connectivity index (χ3n) is 5.84. The molecule has 0 unspecified atom stereocenters. The quantitative estimate of drug-likeness (QED) is 0.541. The van der Waals surface area contributed by atoms with Gasteiger partial charge < -0.3 is 10.1 Å². The molecule has 1 aromatic heterocycles. The highest BCUT2D eigenvalue weighted by Crippen LogP contribution is 2.31. The number of nitrogens with zero attached hydrogens (tertiary/aromatic N) is 3. The Bertz CT molecular complexity index is 1040. The van der Waals surface area contributed by atoms with Crippen molar-refractivity contribution in [2.24, 2.45) is 5.92 Å². The van der Waals surface area contributed by atoms with Crippen LogP contribution in [0.1, 0.15) is 44.3 Å². The number of thiazole rings is 1. The molecule has 33 heavy (non-hydrogen) atoms. The molecule has 1 N–H and O–H groups in total. The number of anilines is 1. The van der Waals surface area contributed by atoms with Crippen molar-refractivity contribution in [3.8, 4) is 5.75 Å². The number of likely N-dealkylation sites (tertiary alicyclic amines) is 1. The number of sulfonamides is 1. The van der Waals surface area contributed by atoms with Gasteiger partial charge in [0.25, 0.3) is 0 Å². The maximum atomic E-state index is 13.1. The molecular formula is C23H34N4O4S2. The average Bonchev–Trinajstić information content (AvgIpc) is 3.20. The van der Waals surface area contributed by atoms with Gasteiger partial charge in [-0.15, -0.1) is 11.3 Å². The number of hydrogen-bond acceptors (Lipinski definition) is 7. The molecule has 8 nitrogen and oxygen atoms in total. The normalized spacial score (nSPS) is 15.7. The molecule has 1 saturated heterocycles. The molecule has 182 valence electrons. The first-order valence-corrected chi connectivity index (χ1v) is 13.8. The lowest BCUT2D eigenvalue weighted by atomic mass is 9.95. The minimum atomic E-state index is -3.73. The number of carbonyl (C=O) groups is 1. The number of amides is 1. The topological polar surface area (TPSA) is 91.8 Å². The maximum absolute atomic E-state index is 13.1. The molecule has 0 saturated carbocycles. The van der Waals surface area contributed by atoms with Gasteiger partial charge in [-0.3, -0.25) is 9.69 Å². The summed E-state index contributed by atoms with van der Waals surface area (Å²) in [7, 11) is -3.73. The number of benzene rings is 1. The summed E-state index contributed by atoms with van der Waals surface area (Å²) < 4.78 is 33.2. The van der Waals surface area contributed by atoms with Gasteiger partial charge in [0, 0.05) is 36.6 Å². The zero-order valence-corrected chi connectivity index (χ0v) is 21.5. The van der Waals surface area contributed by atoms with Gasteiger partial charge in [0.1, 0.15) is 10.6 Å². The highest BCUT2D eigenvalue weighted by molar-refractivity contribution is 7.89. The number of ether oxygens (including phenoxy) is 1. The Morgan fingerprint density at radius 3 is 2.52 bits per heavy atom. The van der Waals surface area contributed by atoms with Crippen LogP contribution in [-0.2, 0) is 21.4 Å². The SMILES string of the molecule is CCOc1ccc(NC(=O)C2CCN(Cc3csc(C)n3)CC2)cc1S(=O)(=O)N(CC)CC. The van der Waals surface area contributed by atoms with Gasteiger partial charge in [0.05, 0.1) is 17.3 Å². The van der Waals surface area contributed by atoms with E-state index in [0.717, 1.165) is 43.2 Å². The standard InChI is InChI=1S/C23H34N4O4S2/c1-5-27(6-2)33(29,30)22-14-19(8-9-21(22)31-7-3)25-23(28)18-10-12-26(13-11-18)15-20-16-32-17(4)24-20/h8-9,14,16,18H,5-7,10-13,15H2,1-4H3,(H,25,28). The minimum absolute atomic E-state index is 0.0745. The van der Waals surface area contributed by atoms with Crippen LogP contribution < -0.4 is 10.1 Å². The molecule has 0 bridgehead atoms. The van der Waals surface area contributed by atoms with Crippen LogP contribution in [0.4, 0.5) is 5.69 Å². The first-order chi connectivity index (χ1) is 15.8. The molecule has 10 heteroatoms. The van der Waals surface area contributed by atoms with Gasteiger partial charge in [-0.05, 0) is 58.0 Å². The van der Waals surface area contributed by atoms with Gasteiger partial charge in [0.15, 0.2) is 0 Å². The van der Waals surface area contributed by atoms with Gasteiger partial charge >= 0.3 is 0 Å². The summed E-state index contributed by atoms with van der Waals surface area (Å²) in [5, 5.41) is 6.08. The second kappa shape index (κ2) is 11.4. The molecule has 2 heterocycles. The van der Waals surface area contributed by atoms with Crippen molar-refractivity contribution in [1.29, 1.82) is 0 Å². The highest BCUT2D eigenvalue weighted by Gasteiger charge is 2.28. The van der Waals surface area contributed by atoms with Crippen LogP contribution in [0.15, 0.2) is 28.5 Å². The average molecular weight is 495 g/mol. The van der Waals surface area contributed by atoms with E-state index < -0.39 is 10.0 Å². The third-order valence-corrected chi connectivity index (χ3v) is 8.74. The Balaban J connectivity index is 1.67. The lowest BCUT2D eigenvalue weighted by molar-refractivity contribution is -0.121. The van der Waals surface area contributed by atoms with E-state index in [9.17, 15) is 13.2 Å². The highest BCUT2D eigenvalue weighted by atomic mass is 32.2. The van der Waals surface area contributed by atoms with Crippen LogP contribution in [0, 0.1) is 12.8 Å². The van der Waals surface area contributed by atoms with E-state index in [1.165, 1.54) is 10.4 Å². The van der Waals surface area contributed by atoms with E-state index in [1.54, 1.807) is 37.3 Å². The fraction of sp³-hybridized carbons (Fsp3) is 0.565. The third kappa shape index (κ3) is 6.32. The minimum Gasteiger partial charge on any atom is -0.492 e. The Labute approximate surface area is 201 Å². The van der Waals surface area contributed by atoms with Crippen molar-refractivity contribution < 1.29 is 17.9 Å². The van der Waals surface area contributed by atoms with Crippen molar-refractivity contribution in [3.63, 3.8) is 0 Å². The molecule has 1 aliphatic rings. The van der Waals surface area contributed by atoms with E-state index in [1.807, 2.05) is 13.8 Å². The number of hydrogen-bond donors (Lipinski definition) is 1. The molecule has 0 spiro atoms. The summed E-state index contributed by atoms with van der Waals surface area (Å²) in [5.41, 5.74) is 1.55. The van der Waals surface area contributed by atoms with Crippen molar-refractivity contribution in [1.82, 2.24) is 14.2 Å². The Kier molecular flexibility index (Phi) is 8.86.